The average Bonchev–Trinajstić information content (AvgIpc) is 3.24. The monoisotopic (exact) mass is 485 g/mol. The lowest BCUT2D eigenvalue weighted by Gasteiger charge is -2.18. The highest BCUT2D eigenvalue weighted by atomic mass is 32.2. The van der Waals surface area contributed by atoms with Crippen molar-refractivity contribution in [3.05, 3.63) is 16.0 Å². The summed E-state index contributed by atoms with van der Waals surface area (Å²) in [6, 6.07) is -1.08. The highest BCUT2D eigenvalue weighted by Crippen LogP contribution is 2.40. The van der Waals surface area contributed by atoms with Crippen molar-refractivity contribution in [3.63, 3.8) is 0 Å². The maximum absolute atomic E-state index is 12.7. The molecule has 3 atom stereocenters. The van der Waals surface area contributed by atoms with Gasteiger partial charge < -0.3 is 15.4 Å². The largest absolute Gasteiger partial charge is 0.462 e. The molecule has 1 aliphatic carbocycles. The summed E-state index contributed by atoms with van der Waals surface area (Å²) >= 11 is 1.41. The summed E-state index contributed by atoms with van der Waals surface area (Å²) in [7, 11) is -3.08. The first-order chi connectivity index (χ1) is 15.1. The lowest BCUT2D eigenvalue weighted by molar-refractivity contribution is -0.121. The number of ether oxygens (including phenoxy) is 1. The molecule has 2 heterocycles. The van der Waals surface area contributed by atoms with Crippen molar-refractivity contribution in [1.29, 1.82) is 0 Å². The number of nitrogens with one attached hydrogen (secondary N) is 3. The minimum atomic E-state index is -3.08. The third-order valence-corrected chi connectivity index (χ3v) is 8.73. The molecule has 1 fully saturated rings. The second kappa shape index (κ2) is 10.3. The number of rotatable bonds is 8. The van der Waals surface area contributed by atoms with Crippen LogP contribution >= 0.6 is 11.3 Å². The van der Waals surface area contributed by atoms with E-state index in [4.69, 9.17) is 4.74 Å². The van der Waals surface area contributed by atoms with Crippen LogP contribution in [0, 0.1) is 5.92 Å². The first-order valence-corrected chi connectivity index (χ1v) is 13.6. The standard InChI is InChI=1S/C21H31N3O6S2/c1-4-30-21(27)18-15-6-5-12(2)9-16(15)31-20(18)24-19(26)13(3)22-10-17(25)23-14-7-8-32(28,29)11-14/h12-14,22H,4-11H2,1-3H3,(H,23,25)(H,24,26)/t12-,13-,14+/m0/s1. The van der Waals surface area contributed by atoms with Crippen LogP contribution in [0.5, 0.6) is 0 Å². The minimum Gasteiger partial charge on any atom is -0.462 e. The van der Waals surface area contributed by atoms with Crippen molar-refractivity contribution in [1.82, 2.24) is 10.6 Å². The Morgan fingerprint density at radius 2 is 2.00 bits per heavy atom. The number of thiophene rings is 1. The number of carbonyl (C=O) groups excluding carboxylic acids is 3. The van der Waals surface area contributed by atoms with Gasteiger partial charge in [-0.15, -0.1) is 11.3 Å². The zero-order chi connectivity index (χ0) is 23.5. The molecule has 32 heavy (non-hydrogen) atoms. The number of sulfone groups is 1. The highest BCUT2D eigenvalue weighted by Gasteiger charge is 2.31. The van der Waals surface area contributed by atoms with E-state index < -0.39 is 21.8 Å². The Balaban J connectivity index is 1.59. The number of fused-ring (bicyclic) bond motifs is 1. The summed E-state index contributed by atoms with van der Waals surface area (Å²) in [5.74, 6) is -0.600. The topological polar surface area (TPSA) is 131 Å². The van der Waals surface area contributed by atoms with E-state index in [1.807, 2.05) is 0 Å². The van der Waals surface area contributed by atoms with Gasteiger partial charge in [-0.2, -0.15) is 0 Å². The van der Waals surface area contributed by atoms with Gasteiger partial charge in [-0.25, -0.2) is 13.2 Å². The van der Waals surface area contributed by atoms with Gasteiger partial charge >= 0.3 is 5.97 Å². The molecule has 1 aromatic rings. The number of anilines is 1. The number of esters is 1. The summed E-state index contributed by atoms with van der Waals surface area (Å²) in [5.41, 5.74) is 1.41. The Morgan fingerprint density at radius 3 is 2.66 bits per heavy atom. The maximum atomic E-state index is 12.7. The second-order valence-corrected chi connectivity index (χ2v) is 11.9. The third kappa shape index (κ3) is 6.08. The average molecular weight is 486 g/mol. The van der Waals surface area contributed by atoms with Crippen LogP contribution in [0.2, 0.25) is 0 Å². The normalized spacial score (nSPS) is 22.6. The van der Waals surface area contributed by atoms with Gasteiger partial charge in [-0.3, -0.25) is 14.9 Å². The van der Waals surface area contributed by atoms with Gasteiger partial charge in [0.15, 0.2) is 9.84 Å². The van der Waals surface area contributed by atoms with Gasteiger partial charge in [0.05, 0.1) is 36.3 Å². The zero-order valence-electron chi connectivity index (χ0n) is 18.7. The third-order valence-electron chi connectivity index (χ3n) is 5.79. The maximum Gasteiger partial charge on any atom is 0.341 e. The summed E-state index contributed by atoms with van der Waals surface area (Å²) in [4.78, 5) is 38.5. The van der Waals surface area contributed by atoms with Gasteiger partial charge in [-0.05, 0) is 51.0 Å². The van der Waals surface area contributed by atoms with Crippen molar-refractivity contribution < 1.29 is 27.5 Å². The molecule has 178 valence electrons. The number of amides is 2. The van der Waals surface area contributed by atoms with Crippen LogP contribution in [0.25, 0.3) is 0 Å². The summed E-state index contributed by atoms with van der Waals surface area (Å²) in [6.45, 7) is 5.68. The van der Waals surface area contributed by atoms with E-state index in [9.17, 15) is 22.8 Å². The van der Waals surface area contributed by atoms with Crippen LogP contribution in [0.15, 0.2) is 0 Å². The van der Waals surface area contributed by atoms with E-state index in [1.54, 1.807) is 13.8 Å². The summed E-state index contributed by atoms with van der Waals surface area (Å²) < 4.78 is 28.2. The minimum absolute atomic E-state index is 0.0485. The van der Waals surface area contributed by atoms with E-state index in [1.165, 1.54) is 11.3 Å². The van der Waals surface area contributed by atoms with Crippen LogP contribution in [0.4, 0.5) is 5.00 Å². The zero-order valence-corrected chi connectivity index (χ0v) is 20.3. The molecule has 9 nitrogen and oxygen atoms in total. The molecule has 0 aromatic carbocycles. The molecule has 1 aliphatic heterocycles. The fourth-order valence-electron chi connectivity index (χ4n) is 4.00. The first-order valence-electron chi connectivity index (χ1n) is 10.9. The van der Waals surface area contributed by atoms with E-state index in [2.05, 4.69) is 22.9 Å². The van der Waals surface area contributed by atoms with Gasteiger partial charge in [-0.1, -0.05) is 6.92 Å². The van der Waals surface area contributed by atoms with Crippen molar-refractivity contribution in [2.45, 2.75) is 58.5 Å². The van der Waals surface area contributed by atoms with Gasteiger partial charge in [0.25, 0.3) is 0 Å². The molecule has 0 unspecified atom stereocenters. The van der Waals surface area contributed by atoms with Gasteiger partial charge in [0, 0.05) is 10.9 Å². The van der Waals surface area contributed by atoms with Gasteiger partial charge in [0.2, 0.25) is 11.8 Å². The molecule has 0 saturated carbocycles. The molecule has 1 saturated heterocycles. The molecule has 2 aliphatic rings. The fourth-order valence-corrected chi connectivity index (χ4v) is 7.08. The molecule has 11 heteroatoms. The van der Waals surface area contributed by atoms with E-state index in [-0.39, 0.29) is 42.5 Å². The Labute approximate surface area is 192 Å². The molecule has 0 radical (unpaired) electrons. The second-order valence-electron chi connectivity index (χ2n) is 8.54. The molecule has 3 N–H and O–H groups in total. The van der Waals surface area contributed by atoms with Crippen LogP contribution in [0.3, 0.4) is 0 Å². The number of hydrogen-bond donors (Lipinski definition) is 3. The van der Waals surface area contributed by atoms with Gasteiger partial charge in [0.1, 0.15) is 5.00 Å². The molecule has 1 aromatic heterocycles. The Morgan fingerprint density at radius 1 is 1.25 bits per heavy atom. The molecule has 0 bridgehead atoms. The molecule has 2 amide bonds. The molecular weight excluding hydrogens is 454 g/mol. The number of hydrogen-bond acceptors (Lipinski definition) is 8. The molecule has 0 spiro atoms. The smallest absolute Gasteiger partial charge is 0.341 e. The van der Waals surface area contributed by atoms with Crippen LogP contribution in [0.1, 0.15) is 54.4 Å². The van der Waals surface area contributed by atoms with Crippen molar-refractivity contribution >= 4 is 44.0 Å². The number of carbonyl (C=O) groups is 3. The van der Waals surface area contributed by atoms with Crippen LogP contribution in [-0.2, 0) is 37.0 Å². The SMILES string of the molecule is CCOC(=O)c1c(NC(=O)[C@H](C)NCC(=O)N[C@@H]2CCS(=O)(=O)C2)sc2c1CC[C@H](C)C2. The predicted molar refractivity (Wildman–Crippen MR) is 123 cm³/mol. The Hall–Kier alpha value is -1.98. The van der Waals surface area contributed by atoms with Crippen molar-refractivity contribution in [2.24, 2.45) is 5.92 Å². The fraction of sp³-hybridized carbons (Fsp3) is 0.667. The predicted octanol–water partition coefficient (Wildman–Crippen LogP) is 1.27. The summed E-state index contributed by atoms with van der Waals surface area (Å²) in [6.07, 6.45) is 3.04. The van der Waals surface area contributed by atoms with Crippen LogP contribution < -0.4 is 16.0 Å². The molecule has 3 rings (SSSR count). The summed E-state index contributed by atoms with van der Waals surface area (Å²) in [5, 5.41) is 8.86. The molecular formula is C21H31N3O6S2. The lowest BCUT2D eigenvalue weighted by atomic mass is 9.88. The van der Waals surface area contributed by atoms with E-state index >= 15 is 0 Å². The first kappa shape index (κ1) is 24.7. The Kier molecular flexibility index (Phi) is 7.94. The quantitative estimate of drug-likeness (QED) is 0.473. The van der Waals surface area contributed by atoms with E-state index in [0.29, 0.717) is 22.9 Å². The van der Waals surface area contributed by atoms with Crippen molar-refractivity contribution in [3.8, 4) is 0 Å². The Bertz CT molecular complexity index is 988. The van der Waals surface area contributed by atoms with E-state index in [0.717, 1.165) is 29.7 Å². The lowest BCUT2D eigenvalue weighted by Crippen LogP contribution is -2.46. The van der Waals surface area contributed by atoms with Crippen molar-refractivity contribution in [2.75, 3.05) is 30.0 Å². The van der Waals surface area contributed by atoms with Crippen LogP contribution in [-0.4, -0.2) is 62.9 Å². The highest BCUT2D eigenvalue weighted by molar-refractivity contribution is 7.91.